The van der Waals surface area contributed by atoms with E-state index in [4.69, 9.17) is 4.74 Å². The number of nitro benzene ring substituents is 1. The van der Waals surface area contributed by atoms with Crippen molar-refractivity contribution in [2.24, 2.45) is 5.92 Å². The molecule has 1 N–H and O–H groups in total. The van der Waals surface area contributed by atoms with E-state index in [1.165, 1.54) is 16.8 Å². The number of para-hydroxylation sites is 1. The molecule has 0 spiro atoms. The van der Waals surface area contributed by atoms with Gasteiger partial charge in [-0.3, -0.25) is 14.9 Å². The molecule has 0 saturated heterocycles. The SMILES string of the molecule is Cc1c(C(=O)NCC2COc3ccccc3C2)nnn1-c1cccc([N+](=O)[O-])c1. The molecule has 4 rings (SSSR count). The first-order valence-electron chi connectivity index (χ1n) is 9.19. The van der Waals surface area contributed by atoms with Crippen molar-refractivity contribution in [2.45, 2.75) is 13.3 Å². The minimum absolute atomic E-state index is 0.0546. The zero-order chi connectivity index (χ0) is 20.4. The predicted octanol–water partition coefficient (Wildman–Crippen LogP) is 2.47. The Balaban J connectivity index is 1.44. The number of rotatable bonds is 5. The van der Waals surface area contributed by atoms with Gasteiger partial charge in [-0.2, -0.15) is 0 Å². The maximum atomic E-state index is 12.6. The lowest BCUT2D eigenvalue weighted by atomic mass is 9.97. The van der Waals surface area contributed by atoms with Crippen LogP contribution in [0.15, 0.2) is 48.5 Å². The zero-order valence-electron chi connectivity index (χ0n) is 15.7. The number of non-ortho nitro benzene ring substituents is 1. The number of hydrogen-bond acceptors (Lipinski definition) is 6. The van der Waals surface area contributed by atoms with Crippen molar-refractivity contribution in [3.05, 3.63) is 75.6 Å². The molecular weight excluding hydrogens is 374 g/mol. The van der Waals surface area contributed by atoms with E-state index in [-0.39, 0.29) is 23.2 Å². The van der Waals surface area contributed by atoms with Crippen LogP contribution < -0.4 is 10.1 Å². The highest BCUT2D eigenvalue weighted by molar-refractivity contribution is 5.93. The molecule has 3 aromatic rings. The Labute approximate surface area is 166 Å². The maximum absolute atomic E-state index is 12.6. The summed E-state index contributed by atoms with van der Waals surface area (Å²) in [7, 11) is 0. The monoisotopic (exact) mass is 393 g/mol. The first-order chi connectivity index (χ1) is 14.0. The molecule has 0 bridgehead atoms. The van der Waals surface area contributed by atoms with Crippen molar-refractivity contribution in [2.75, 3.05) is 13.2 Å². The molecule has 2 aromatic carbocycles. The van der Waals surface area contributed by atoms with Gasteiger partial charge in [0, 0.05) is 24.6 Å². The van der Waals surface area contributed by atoms with Crippen LogP contribution in [0.2, 0.25) is 0 Å². The lowest BCUT2D eigenvalue weighted by Crippen LogP contribution is -2.35. The van der Waals surface area contributed by atoms with Crippen molar-refractivity contribution in [1.82, 2.24) is 20.3 Å². The normalized spacial score (nSPS) is 15.3. The number of amides is 1. The average Bonchev–Trinajstić information content (AvgIpc) is 3.13. The minimum Gasteiger partial charge on any atom is -0.493 e. The number of aromatic nitrogens is 3. The summed E-state index contributed by atoms with van der Waals surface area (Å²) in [6.07, 6.45) is 0.829. The lowest BCUT2D eigenvalue weighted by Gasteiger charge is -2.25. The van der Waals surface area contributed by atoms with Gasteiger partial charge in [-0.05, 0) is 31.0 Å². The van der Waals surface area contributed by atoms with E-state index >= 15 is 0 Å². The van der Waals surface area contributed by atoms with E-state index in [9.17, 15) is 14.9 Å². The Morgan fingerprint density at radius 3 is 2.97 bits per heavy atom. The quantitative estimate of drug-likeness (QED) is 0.526. The van der Waals surface area contributed by atoms with E-state index in [0.717, 1.165) is 17.7 Å². The van der Waals surface area contributed by atoms with E-state index in [1.807, 2.05) is 24.3 Å². The second-order valence-electron chi connectivity index (χ2n) is 6.91. The summed E-state index contributed by atoms with van der Waals surface area (Å²) in [4.78, 5) is 23.1. The highest BCUT2D eigenvalue weighted by Gasteiger charge is 2.22. The summed E-state index contributed by atoms with van der Waals surface area (Å²) in [6, 6.07) is 13.9. The van der Waals surface area contributed by atoms with Gasteiger partial charge in [0.25, 0.3) is 11.6 Å². The molecule has 0 fully saturated rings. The topological polar surface area (TPSA) is 112 Å². The second-order valence-corrected chi connectivity index (χ2v) is 6.91. The van der Waals surface area contributed by atoms with Crippen LogP contribution in [0.4, 0.5) is 5.69 Å². The van der Waals surface area contributed by atoms with Crippen molar-refractivity contribution in [3.63, 3.8) is 0 Å². The highest BCUT2D eigenvalue weighted by atomic mass is 16.6. The van der Waals surface area contributed by atoms with Gasteiger partial charge in [0.2, 0.25) is 0 Å². The van der Waals surface area contributed by atoms with E-state index in [2.05, 4.69) is 15.6 Å². The van der Waals surface area contributed by atoms with E-state index < -0.39 is 4.92 Å². The lowest BCUT2D eigenvalue weighted by molar-refractivity contribution is -0.384. The summed E-state index contributed by atoms with van der Waals surface area (Å²) in [5, 5.41) is 21.8. The average molecular weight is 393 g/mol. The number of hydrogen-bond donors (Lipinski definition) is 1. The van der Waals surface area contributed by atoms with Gasteiger partial charge in [-0.15, -0.1) is 5.10 Å². The molecule has 9 heteroatoms. The molecule has 148 valence electrons. The largest absolute Gasteiger partial charge is 0.493 e. The summed E-state index contributed by atoms with van der Waals surface area (Å²) >= 11 is 0. The van der Waals surface area contributed by atoms with Crippen LogP contribution in [0, 0.1) is 23.0 Å². The molecule has 0 radical (unpaired) electrons. The van der Waals surface area contributed by atoms with Gasteiger partial charge in [0.05, 0.1) is 22.9 Å². The number of nitrogens with zero attached hydrogens (tertiary/aromatic N) is 4. The fourth-order valence-electron chi connectivity index (χ4n) is 3.37. The smallest absolute Gasteiger partial charge is 0.273 e. The van der Waals surface area contributed by atoms with Crippen molar-refractivity contribution in [3.8, 4) is 11.4 Å². The highest BCUT2D eigenvalue weighted by Crippen LogP contribution is 2.26. The van der Waals surface area contributed by atoms with Crippen molar-refractivity contribution >= 4 is 11.6 Å². The van der Waals surface area contributed by atoms with Gasteiger partial charge >= 0.3 is 0 Å². The van der Waals surface area contributed by atoms with E-state index in [0.29, 0.717) is 24.5 Å². The second kappa shape index (κ2) is 7.70. The predicted molar refractivity (Wildman–Crippen MR) is 104 cm³/mol. The van der Waals surface area contributed by atoms with Crippen LogP contribution in [0.1, 0.15) is 21.7 Å². The van der Waals surface area contributed by atoms with Crippen LogP contribution in [-0.2, 0) is 6.42 Å². The fourth-order valence-corrected chi connectivity index (χ4v) is 3.37. The number of carbonyl (C=O) groups excluding carboxylic acids is 1. The molecule has 0 saturated carbocycles. The van der Waals surface area contributed by atoms with Crippen molar-refractivity contribution < 1.29 is 14.5 Å². The van der Waals surface area contributed by atoms with Gasteiger partial charge in [-0.1, -0.05) is 29.5 Å². The third-order valence-corrected chi connectivity index (χ3v) is 4.90. The standard InChI is InChI=1S/C20H19N5O4/c1-13-19(22-23-24(13)16-6-4-7-17(10-16)25(27)28)20(26)21-11-14-9-15-5-2-3-8-18(15)29-12-14/h2-8,10,14H,9,11-12H2,1H3,(H,21,26). The number of carbonyl (C=O) groups is 1. The van der Waals surface area contributed by atoms with Crippen LogP contribution in [-0.4, -0.2) is 39.0 Å². The molecule has 1 amide bonds. The molecule has 1 aliphatic rings. The van der Waals surface area contributed by atoms with Gasteiger partial charge < -0.3 is 10.1 Å². The molecule has 1 aromatic heterocycles. The van der Waals surface area contributed by atoms with Gasteiger partial charge in [0.1, 0.15) is 5.75 Å². The van der Waals surface area contributed by atoms with E-state index in [1.54, 1.807) is 19.1 Å². The molecule has 29 heavy (non-hydrogen) atoms. The first kappa shape index (κ1) is 18.6. The van der Waals surface area contributed by atoms with Gasteiger partial charge in [0.15, 0.2) is 5.69 Å². The first-order valence-corrected chi connectivity index (χ1v) is 9.19. The Morgan fingerprint density at radius 1 is 1.31 bits per heavy atom. The van der Waals surface area contributed by atoms with Crippen molar-refractivity contribution in [1.29, 1.82) is 0 Å². The summed E-state index contributed by atoms with van der Waals surface area (Å²) in [6.45, 7) is 2.70. The summed E-state index contributed by atoms with van der Waals surface area (Å²) < 4.78 is 7.17. The number of nitro groups is 1. The fraction of sp³-hybridized carbons (Fsp3) is 0.250. The Hall–Kier alpha value is -3.75. The van der Waals surface area contributed by atoms with Crippen LogP contribution in [0.25, 0.3) is 5.69 Å². The Morgan fingerprint density at radius 2 is 2.14 bits per heavy atom. The third kappa shape index (κ3) is 3.79. The summed E-state index contributed by atoms with van der Waals surface area (Å²) in [5.41, 5.74) is 2.24. The van der Waals surface area contributed by atoms with Crippen LogP contribution in [0.3, 0.4) is 0 Å². The molecule has 2 heterocycles. The zero-order valence-corrected chi connectivity index (χ0v) is 15.7. The maximum Gasteiger partial charge on any atom is 0.273 e. The van der Waals surface area contributed by atoms with Gasteiger partial charge in [-0.25, -0.2) is 4.68 Å². The Bertz CT molecular complexity index is 1080. The minimum atomic E-state index is -0.478. The van der Waals surface area contributed by atoms with Crippen LogP contribution >= 0.6 is 0 Å². The number of fused-ring (bicyclic) bond motifs is 1. The van der Waals surface area contributed by atoms with Crippen LogP contribution in [0.5, 0.6) is 5.75 Å². The number of nitrogens with one attached hydrogen (secondary N) is 1. The molecular formula is C20H19N5O4. The number of benzene rings is 2. The summed E-state index contributed by atoms with van der Waals surface area (Å²) in [5.74, 6) is 0.727. The molecule has 1 unspecified atom stereocenters. The third-order valence-electron chi connectivity index (χ3n) is 4.90. The molecule has 0 aliphatic carbocycles. The molecule has 1 aliphatic heterocycles. The molecule has 9 nitrogen and oxygen atoms in total. The number of ether oxygens (including phenoxy) is 1. The Kier molecular flexibility index (Phi) is 4.94. The molecule has 1 atom stereocenters.